The topological polar surface area (TPSA) is 114 Å². The highest BCUT2D eigenvalue weighted by molar-refractivity contribution is 6.42. The van der Waals surface area contributed by atoms with E-state index in [-0.39, 0.29) is 48.7 Å². The summed E-state index contributed by atoms with van der Waals surface area (Å²) >= 11 is 12.7. The molecule has 3 aromatic carbocycles. The smallest absolute Gasteiger partial charge is 0.408 e. The maximum absolute atomic E-state index is 14.2. The van der Waals surface area contributed by atoms with Crippen LogP contribution in [0.15, 0.2) is 66.7 Å². The van der Waals surface area contributed by atoms with Gasteiger partial charge in [-0.3, -0.25) is 19.3 Å². The Morgan fingerprint density at radius 1 is 0.887 bits per heavy atom. The first-order valence-electron chi connectivity index (χ1n) is 18.3. The molecule has 3 aliphatic rings. The van der Waals surface area contributed by atoms with Crippen LogP contribution in [0.2, 0.25) is 10.0 Å². The highest BCUT2D eigenvalue weighted by Crippen LogP contribution is 2.39. The van der Waals surface area contributed by atoms with Crippen LogP contribution in [0.4, 0.5) is 4.79 Å². The standard InChI is InChI=1S/C41H49Cl2N5O5/c1-25-15-26(2)17-29(16-25)38(50)45-13-14-46(36(24-45)28-11-12-32(42)33(43)20-28)37(49)22-44-34-21-31-19-30(34)23-47(31)39(51)35(18-27-9-7-6-8-10-27)48(40(52)53)41(3,4)5/h6-12,15-17,20,30-31,34-36,44H,13-14,18-19,21-24H2,1-5H3,(H,52,53)/t30?,31?,34?,35-,36?/m1/s1. The Kier molecular flexibility index (Phi) is 11.4. The van der Waals surface area contributed by atoms with Gasteiger partial charge in [0.2, 0.25) is 11.8 Å². The van der Waals surface area contributed by atoms with Crippen molar-refractivity contribution in [2.75, 3.05) is 32.7 Å². The highest BCUT2D eigenvalue weighted by atomic mass is 35.5. The number of nitrogens with zero attached hydrogens (tertiary/aromatic N) is 4. The van der Waals surface area contributed by atoms with Crippen molar-refractivity contribution in [2.24, 2.45) is 5.92 Å². The second-order valence-electron chi connectivity index (χ2n) is 15.8. The van der Waals surface area contributed by atoms with Gasteiger partial charge in [-0.25, -0.2) is 4.79 Å². The predicted octanol–water partition coefficient (Wildman–Crippen LogP) is 6.60. The van der Waals surface area contributed by atoms with Crippen LogP contribution >= 0.6 is 23.2 Å². The maximum atomic E-state index is 14.2. The van der Waals surface area contributed by atoms with E-state index in [0.717, 1.165) is 28.7 Å². The Morgan fingerprint density at radius 2 is 1.58 bits per heavy atom. The van der Waals surface area contributed by atoms with Crippen molar-refractivity contribution in [1.82, 2.24) is 24.9 Å². The van der Waals surface area contributed by atoms with E-state index in [1.54, 1.807) is 17.0 Å². The van der Waals surface area contributed by atoms with Crippen molar-refractivity contribution in [3.8, 4) is 0 Å². The number of amides is 4. The zero-order valence-corrected chi connectivity index (χ0v) is 32.5. The lowest BCUT2D eigenvalue weighted by Crippen LogP contribution is -2.60. The molecule has 4 amide bonds. The van der Waals surface area contributed by atoms with E-state index < -0.39 is 23.7 Å². The molecule has 0 aromatic heterocycles. The quantitative estimate of drug-likeness (QED) is 0.254. The molecular weight excluding hydrogens is 713 g/mol. The first-order valence-corrected chi connectivity index (χ1v) is 19.1. The number of piperazine rings is 1. The molecule has 282 valence electrons. The fourth-order valence-electron chi connectivity index (χ4n) is 8.55. The summed E-state index contributed by atoms with van der Waals surface area (Å²) in [6, 6.07) is 19.4. The monoisotopic (exact) mass is 761 g/mol. The molecule has 5 atom stereocenters. The van der Waals surface area contributed by atoms with Gasteiger partial charge in [0.25, 0.3) is 5.91 Å². The average molecular weight is 763 g/mol. The number of likely N-dealkylation sites (tertiary alicyclic amines) is 1. The van der Waals surface area contributed by atoms with Gasteiger partial charge in [-0.1, -0.05) is 76.8 Å². The lowest BCUT2D eigenvalue weighted by atomic mass is 9.96. The Hall–Kier alpha value is -4.12. The van der Waals surface area contributed by atoms with Gasteiger partial charge in [0.15, 0.2) is 0 Å². The number of fused-ring (bicyclic) bond motifs is 2. The predicted molar refractivity (Wildman–Crippen MR) is 206 cm³/mol. The van der Waals surface area contributed by atoms with Crippen LogP contribution in [-0.2, 0) is 16.0 Å². The first-order chi connectivity index (χ1) is 25.1. The molecule has 6 rings (SSSR count). The molecule has 10 nitrogen and oxygen atoms in total. The summed E-state index contributed by atoms with van der Waals surface area (Å²) in [5, 5.41) is 14.6. The molecule has 2 heterocycles. The number of rotatable bonds is 9. The number of nitrogens with one attached hydrogen (secondary N) is 1. The van der Waals surface area contributed by atoms with Gasteiger partial charge >= 0.3 is 6.09 Å². The fourth-order valence-corrected chi connectivity index (χ4v) is 8.86. The third kappa shape index (κ3) is 8.50. The summed E-state index contributed by atoms with van der Waals surface area (Å²) < 4.78 is 0. The van der Waals surface area contributed by atoms with Crippen molar-refractivity contribution >= 4 is 47.0 Å². The summed E-state index contributed by atoms with van der Waals surface area (Å²) in [6.07, 6.45) is 0.641. The molecule has 12 heteroatoms. The minimum absolute atomic E-state index is 0.0367. The zero-order valence-electron chi connectivity index (χ0n) is 31.0. The average Bonchev–Trinajstić information content (AvgIpc) is 3.71. The fraction of sp³-hybridized carbons (Fsp3) is 0.463. The lowest BCUT2D eigenvalue weighted by molar-refractivity contribution is -0.140. The third-order valence-electron chi connectivity index (χ3n) is 10.9. The van der Waals surface area contributed by atoms with E-state index in [0.29, 0.717) is 48.2 Å². The number of aryl methyl sites for hydroxylation is 2. The molecule has 3 aromatic rings. The summed E-state index contributed by atoms with van der Waals surface area (Å²) in [5.74, 6) is -0.195. The molecule has 1 aliphatic carbocycles. The number of piperidine rings is 1. The van der Waals surface area contributed by atoms with Crippen LogP contribution in [-0.4, -0.2) is 105 Å². The van der Waals surface area contributed by atoms with Crippen LogP contribution in [0.5, 0.6) is 0 Å². The molecule has 0 radical (unpaired) electrons. The second-order valence-corrected chi connectivity index (χ2v) is 16.6. The molecule has 2 bridgehead atoms. The molecule has 53 heavy (non-hydrogen) atoms. The highest BCUT2D eigenvalue weighted by Gasteiger charge is 2.50. The van der Waals surface area contributed by atoms with Gasteiger partial charge in [0.05, 0.1) is 22.6 Å². The van der Waals surface area contributed by atoms with Crippen molar-refractivity contribution in [3.63, 3.8) is 0 Å². The van der Waals surface area contributed by atoms with Gasteiger partial charge < -0.3 is 25.1 Å². The maximum Gasteiger partial charge on any atom is 0.408 e. The van der Waals surface area contributed by atoms with Gasteiger partial charge in [-0.15, -0.1) is 0 Å². The molecule has 2 aliphatic heterocycles. The Bertz CT molecular complexity index is 1850. The number of hydrogen-bond donors (Lipinski definition) is 2. The number of benzene rings is 3. The van der Waals surface area contributed by atoms with Crippen molar-refractivity contribution in [1.29, 1.82) is 0 Å². The van der Waals surface area contributed by atoms with E-state index in [1.807, 2.05) is 99.0 Å². The molecule has 2 N–H and O–H groups in total. The molecule has 4 unspecified atom stereocenters. The summed E-state index contributed by atoms with van der Waals surface area (Å²) in [6.45, 7) is 11.1. The normalized spacial score (nSPS) is 21.8. The number of carbonyl (C=O) groups is 4. The van der Waals surface area contributed by atoms with Crippen LogP contribution in [0.25, 0.3) is 0 Å². The van der Waals surface area contributed by atoms with Crippen molar-refractivity contribution < 1.29 is 24.3 Å². The van der Waals surface area contributed by atoms with Gasteiger partial charge in [-0.05, 0) is 88.8 Å². The number of carboxylic acid groups (broad SMARTS) is 1. The van der Waals surface area contributed by atoms with E-state index >= 15 is 0 Å². The molecule has 3 fully saturated rings. The summed E-state index contributed by atoms with van der Waals surface area (Å²) in [7, 11) is 0. The first kappa shape index (κ1) is 38.6. The Labute approximate surface area is 322 Å². The SMILES string of the molecule is Cc1cc(C)cc(C(=O)N2CCN(C(=O)CNC3CC4CC3CN4C(=O)[C@@H](Cc3ccccc3)N(C(=O)O)C(C)(C)C)C(c3ccc(Cl)c(Cl)c3)C2)c1. The Morgan fingerprint density at radius 3 is 2.19 bits per heavy atom. The second kappa shape index (κ2) is 15.7. The van der Waals surface area contributed by atoms with Crippen molar-refractivity contribution in [3.05, 3.63) is 105 Å². The minimum Gasteiger partial charge on any atom is -0.465 e. The zero-order chi connectivity index (χ0) is 38.2. The molecule has 0 spiro atoms. The Balaban J connectivity index is 1.13. The van der Waals surface area contributed by atoms with Crippen LogP contribution in [0.3, 0.4) is 0 Å². The molecule has 1 saturated carbocycles. The van der Waals surface area contributed by atoms with Crippen LogP contribution < -0.4 is 5.32 Å². The number of carbonyl (C=O) groups excluding carboxylic acids is 3. The molecule has 2 saturated heterocycles. The molecular formula is C41H49Cl2N5O5. The van der Waals surface area contributed by atoms with E-state index in [1.165, 1.54) is 4.90 Å². The van der Waals surface area contributed by atoms with Crippen LogP contribution in [0, 0.1) is 19.8 Å². The minimum atomic E-state index is -1.12. The van der Waals surface area contributed by atoms with Gasteiger partial charge in [0.1, 0.15) is 6.04 Å². The third-order valence-corrected chi connectivity index (χ3v) is 11.7. The van der Waals surface area contributed by atoms with E-state index in [4.69, 9.17) is 23.2 Å². The lowest BCUT2D eigenvalue weighted by Gasteiger charge is -2.43. The van der Waals surface area contributed by atoms with Crippen LogP contribution in [0.1, 0.15) is 72.3 Å². The van der Waals surface area contributed by atoms with Gasteiger partial charge in [-0.2, -0.15) is 0 Å². The van der Waals surface area contributed by atoms with E-state index in [2.05, 4.69) is 5.32 Å². The number of halogens is 2. The number of hydrogen-bond acceptors (Lipinski definition) is 5. The summed E-state index contributed by atoms with van der Waals surface area (Å²) in [5.41, 5.74) is 3.58. The summed E-state index contributed by atoms with van der Waals surface area (Å²) in [4.78, 5) is 61.2. The van der Waals surface area contributed by atoms with Gasteiger partial charge in [0, 0.05) is 55.8 Å². The van der Waals surface area contributed by atoms with E-state index in [9.17, 15) is 24.3 Å². The largest absolute Gasteiger partial charge is 0.465 e. The van der Waals surface area contributed by atoms with Crippen molar-refractivity contribution in [2.45, 2.75) is 83.6 Å².